The Balaban J connectivity index is 1.52. The molecule has 0 aliphatic rings. The zero-order valence-corrected chi connectivity index (χ0v) is 15.6. The van der Waals surface area contributed by atoms with E-state index in [1.54, 1.807) is 41.9 Å². The van der Waals surface area contributed by atoms with Gasteiger partial charge in [-0.3, -0.25) is 4.98 Å². The van der Waals surface area contributed by atoms with Crippen LogP contribution >= 0.6 is 22.9 Å². The van der Waals surface area contributed by atoms with Crippen molar-refractivity contribution in [2.75, 3.05) is 5.32 Å². The molecule has 3 aromatic rings. The topological polar surface area (TPSA) is 76.1 Å². The van der Waals surface area contributed by atoms with E-state index in [1.165, 1.54) is 0 Å². The van der Waals surface area contributed by atoms with E-state index in [0.717, 1.165) is 15.6 Å². The Morgan fingerprint density at radius 2 is 2.15 bits per heavy atom. The van der Waals surface area contributed by atoms with E-state index in [1.807, 2.05) is 25.1 Å². The van der Waals surface area contributed by atoms with Gasteiger partial charge in [0.05, 0.1) is 22.3 Å². The largest absolute Gasteiger partial charge is 0.486 e. The van der Waals surface area contributed by atoms with E-state index in [4.69, 9.17) is 16.3 Å². The number of hydrogen-bond donors (Lipinski definition) is 2. The van der Waals surface area contributed by atoms with Gasteiger partial charge in [0.2, 0.25) is 0 Å². The number of carbonyl (C=O) groups excluding carboxylic acids is 1. The molecule has 0 aliphatic heterocycles. The molecule has 0 spiro atoms. The van der Waals surface area contributed by atoms with Crippen molar-refractivity contribution < 1.29 is 9.53 Å². The quantitative estimate of drug-likeness (QED) is 0.656. The fourth-order valence-corrected chi connectivity index (χ4v) is 3.13. The Kier molecular flexibility index (Phi) is 6.04. The van der Waals surface area contributed by atoms with E-state index < -0.39 is 0 Å². The number of amides is 2. The maximum atomic E-state index is 12.0. The minimum absolute atomic E-state index is 0.311. The summed E-state index contributed by atoms with van der Waals surface area (Å²) in [5.74, 6) is 0.531. The minimum atomic E-state index is -0.311. The van der Waals surface area contributed by atoms with Gasteiger partial charge in [-0.2, -0.15) is 0 Å². The van der Waals surface area contributed by atoms with Crippen molar-refractivity contribution >= 4 is 34.7 Å². The predicted octanol–water partition coefficient (Wildman–Crippen LogP) is 4.40. The van der Waals surface area contributed by atoms with Gasteiger partial charge in [0, 0.05) is 23.0 Å². The third-order valence-electron chi connectivity index (χ3n) is 3.38. The molecule has 2 N–H and O–H groups in total. The molecule has 26 heavy (non-hydrogen) atoms. The van der Waals surface area contributed by atoms with Crippen molar-refractivity contribution in [1.29, 1.82) is 0 Å². The van der Waals surface area contributed by atoms with Gasteiger partial charge in [-0.05, 0) is 37.3 Å². The van der Waals surface area contributed by atoms with Crippen molar-refractivity contribution in [1.82, 2.24) is 15.3 Å². The first-order chi connectivity index (χ1) is 12.6. The molecular weight excluding hydrogens is 372 g/mol. The third kappa shape index (κ3) is 5.18. The Morgan fingerprint density at radius 1 is 1.27 bits per heavy atom. The zero-order chi connectivity index (χ0) is 18.4. The van der Waals surface area contributed by atoms with Crippen LogP contribution in [0.15, 0.2) is 48.8 Å². The monoisotopic (exact) mass is 388 g/mol. The Morgan fingerprint density at radius 3 is 2.85 bits per heavy atom. The summed E-state index contributed by atoms with van der Waals surface area (Å²) in [4.78, 5) is 21.3. The number of hydrogen-bond acceptors (Lipinski definition) is 5. The van der Waals surface area contributed by atoms with Crippen LogP contribution in [0.25, 0.3) is 0 Å². The first-order valence-electron chi connectivity index (χ1n) is 7.88. The van der Waals surface area contributed by atoms with Gasteiger partial charge in [-0.25, -0.2) is 9.78 Å². The molecule has 0 bridgehead atoms. The van der Waals surface area contributed by atoms with Gasteiger partial charge >= 0.3 is 6.03 Å². The Labute approximate surface area is 160 Å². The first kappa shape index (κ1) is 18.2. The number of pyridine rings is 1. The number of rotatable bonds is 6. The summed E-state index contributed by atoms with van der Waals surface area (Å²) >= 11 is 7.78. The van der Waals surface area contributed by atoms with Crippen LogP contribution in [0.2, 0.25) is 5.02 Å². The molecule has 0 fully saturated rings. The summed E-state index contributed by atoms with van der Waals surface area (Å²) in [6.07, 6.45) is 3.46. The molecule has 134 valence electrons. The molecule has 0 atom stereocenters. The van der Waals surface area contributed by atoms with Crippen LogP contribution in [-0.4, -0.2) is 16.0 Å². The van der Waals surface area contributed by atoms with Crippen LogP contribution in [0.4, 0.5) is 10.5 Å². The van der Waals surface area contributed by atoms with E-state index in [9.17, 15) is 4.79 Å². The summed E-state index contributed by atoms with van der Waals surface area (Å²) in [6.45, 7) is 2.67. The minimum Gasteiger partial charge on any atom is -0.486 e. The standard InChI is InChI=1S/C18H17ClN4O2S/c1-12-21-9-15(26-12)10-22-18(24)23-13-5-6-17(16(19)8-13)25-11-14-4-2-3-7-20-14/h2-9H,10-11H2,1H3,(H2,22,23,24). The van der Waals surface area contributed by atoms with Crippen LogP contribution in [-0.2, 0) is 13.2 Å². The van der Waals surface area contributed by atoms with Gasteiger partial charge in [0.1, 0.15) is 12.4 Å². The average Bonchev–Trinajstić information content (AvgIpc) is 3.05. The van der Waals surface area contributed by atoms with E-state index in [0.29, 0.717) is 29.6 Å². The number of halogens is 1. The molecule has 8 heteroatoms. The second-order valence-corrected chi connectivity index (χ2v) is 7.13. The molecule has 2 heterocycles. The van der Waals surface area contributed by atoms with Crippen molar-refractivity contribution in [3.8, 4) is 5.75 Å². The number of aromatic nitrogens is 2. The lowest BCUT2D eigenvalue weighted by molar-refractivity contribution is 0.252. The first-order valence-corrected chi connectivity index (χ1v) is 9.08. The molecule has 2 aromatic heterocycles. The molecule has 0 saturated carbocycles. The van der Waals surface area contributed by atoms with Crippen LogP contribution in [0.1, 0.15) is 15.6 Å². The van der Waals surface area contributed by atoms with E-state index in [2.05, 4.69) is 20.6 Å². The molecule has 1 aromatic carbocycles. The van der Waals surface area contributed by atoms with E-state index in [-0.39, 0.29) is 6.03 Å². The highest BCUT2D eigenvalue weighted by Crippen LogP contribution is 2.28. The molecule has 2 amide bonds. The molecule has 0 saturated heterocycles. The van der Waals surface area contributed by atoms with Crippen LogP contribution in [0.5, 0.6) is 5.75 Å². The highest BCUT2D eigenvalue weighted by Gasteiger charge is 2.07. The number of ether oxygens (including phenoxy) is 1. The lowest BCUT2D eigenvalue weighted by Gasteiger charge is -2.10. The van der Waals surface area contributed by atoms with Crippen molar-refractivity contribution in [2.45, 2.75) is 20.1 Å². The highest BCUT2D eigenvalue weighted by molar-refractivity contribution is 7.11. The number of carbonyl (C=O) groups is 1. The van der Waals surface area contributed by atoms with Gasteiger partial charge in [0.15, 0.2) is 0 Å². The fourth-order valence-electron chi connectivity index (χ4n) is 2.16. The molecule has 0 unspecified atom stereocenters. The lowest BCUT2D eigenvalue weighted by atomic mass is 10.3. The molecule has 3 rings (SSSR count). The molecule has 0 aliphatic carbocycles. The van der Waals surface area contributed by atoms with E-state index >= 15 is 0 Å². The second-order valence-electron chi connectivity index (χ2n) is 5.41. The zero-order valence-electron chi connectivity index (χ0n) is 14.0. The second kappa shape index (κ2) is 8.64. The number of aryl methyl sites for hydroxylation is 1. The summed E-state index contributed by atoms with van der Waals surface area (Å²) < 4.78 is 5.66. The third-order valence-corrected chi connectivity index (χ3v) is 4.59. The Hall–Kier alpha value is -2.64. The number of anilines is 1. The summed E-state index contributed by atoms with van der Waals surface area (Å²) in [5, 5.41) is 6.90. The van der Waals surface area contributed by atoms with Gasteiger partial charge < -0.3 is 15.4 Å². The van der Waals surface area contributed by atoms with Crippen LogP contribution in [0, 0.1) is 6.92 Å². The highest BCUT2D eigenvalue weighted by atomic mass is 35.5. The predicted molar refractivity (Wildman–Crippen MR) is 103 cm³/mol. The number of urea groups is 1. The fraction of sp³-hybridized carbons (Fsp3) is 0.167. The Bertz CT molecular complexity index is 886. The SMILES string of the molecule is Cc1ncc(CNC(=O)Nc2ccc(OCc3ccccn3)c(Cl)c2)s1. The summed E-state index contributed by atoms with van der Waals surface area (Å²) in [6, 6.07) is 10.4. The van der Waals surface area contributed by atoms with Crippen LogP contribution in [0.3, 0.4) is 0 Å². The molecule has 0 radical (unpaired) electrons. The molecule has 6 nitrogen and oxygen atoms in total. The smallest absolute Gasteiger partial charge is 0.319 e. The molecular formula is C18H17ClN4O2S. The summed E-state index contributed by atoms with van der Waals surface area (Å²) in [7, 11) is 0. The normalized spacial score (nSPS) is 10.4. The van der Waals surface area contributed by atoms with Gasteiger partial charge in [-0.1, -0.05) is 17.7 Å². The number of benzene rings is 1. The van der Waals surface area contributed by atoms with Crippen molar-refractivity contribution in [2.24, 2.45) is 0 Å². The van der Waals surface area contributed by atoms with Crippen molar-refractivity contribution in [3.63, 3.8) is 0 Å². The van der Waals surface area contributed by atoms with Crippen molar-refractivity contribution in [3.05, 3.63) is 69.4 Å². The van der Waals surface area contributed by atoms with Crippen LogP contribution < -0.4 is 15.4 Å². The van der Waals surface area contributed by atoms with Gasteiger partial charge in [0.25, 0.3) is 0 Å². The maximum Gasteiger partial charge on any atom is 0.319 e. The maximum absolute atomic E-state index is 12.0. The number of nitrogens with zero attached hydrogens (tertiary/aromatic N) is 2. The number of nitrogens with one attached hydrogen (secondary N) is 2. The van der Waals surface area contributed by atoms with Gasteiger partial charge in [-0.15, -0.1) is 11.3 Å². The number of thiazole rings is 1. The summed E-state index contributed by atoms with van der Waals surface area (Å²) in [5.41, 5.74) is 1.39. The lowest BCUT2D eigenvalue weighted by Crippen LogP contribution is -2.27. The average molecular weight is 389 g/mol.